The predicted octanol–water partition coefficient (Wildman–Crippen LogP) is 8.45. The van der Waals surface area contributed by atoms with Gasteiger partial charge in [-0.1, -0.05) is 51.9 Å². The molecule has 1 unspecified atom stereocenters. The minimum absolute atomic E-state index is 0.0120. The number of unbranched alkanes of at least 4 members (excludes halogenated alkanes) is 6. The first kappa shape index (κ1) is 29.7. The van der Waals surface area contributed by atoms with Crippen LogP contribution in [0, 0.1) is 29.6 Å². The first-order chi connectivity index (χ1) is 17.5. The van der Waals surface area contributed by atoms with Crippen molar-refractivity contribution in [2.45, 2.75) is 154 Å². The van der Waals surface area contributed by atoms with Gasteiger partial charge in [0.25, 0.3) is 0 Å². The summed E-state index contributed by atoms with van der Waals surface area (Å²) in [7, 11) is 1.87. The van der Waals surface area contributed by atoms with E-state index in [2.05, 4.69) is 6.92 Å². The summed E-state index contributed by atoms with van der Waals surface area (Å²) < 4.78 is 11.7. The van der Waals surface area contributed by atoms with E-state index in [1.807, 2.05) is 7.11 Å². The van der Waals surface area contributed by atoms with Crippen molar-refractivity contribution >= 4 is 11.8 Å². The van der Waals surface area contributed by atoms with Gasteiger partial charge in [0.1, 0.15) is 11.9 Å². The molecule has 3 saturated carbocycles. The molecule has 0 heterocycles. The highest BCUT2D eigenvalue weighted by Crippen LogP contribution is 2.43. The van der Waals surface area contributed by atoms with Gasteiger partial charge >= 0.3 is 5.97 Å². The minimum Gasteiger partial charge on any atom is -0.462 e. The lowest BCUT2D eigenvalue weighted by atomic mass is 9.67. The van der Waals surface area contributed by atoms with E-state index in [1.165, 1.54) is 89.9 Å². The average Bonchev–Trinajstić information content (AvgIpc) is 2.91. The third-order valence-electron chi connectivity index (χ3n) is 10.0. The van der Waals surface area contributed by atoms with Crippen molar-refractivity contribution in [3.05, 3.63) is 0 Å². The molecule has 0 saturated heterocycles. The number of rotatable bonds is 14. The molecule has 0 aromatic rings. The van der Waals surface area contributed by atoms with Gasteiger partial charge in [-0.15, -0.1) is 0 Å². The number of carbonyl (C=O) groups is 2. The quantitative estimate of drug-likeness (QED) is 0.176. The molecule has 3 fully saturated rings. The van der Waals surface area contributed by atoms with Crippen LogP contribution >= 0.6 is 0 Å². The van der Waals surface area contributed by atoms with Gasteiger partial charge in [0.15, 0.2) is 0 Å². The Morgan fingerprint density at radius 3 is 1.69 bits per heavy atom. The van der Waals surface area contributed by atoms with E-state index >= 15 is 0 Å². The van der Waals surface area contributed by atoms with E-state index in [1.54, 1.807) is 6.92 Å². The highest BCUT2D eigenvalue weighted by molar-refractivity contribution is 5.79. The highest BCUT2D eigenvalue weighted by atomic mass is 16.5. The predicted molar refractivity (Wildman–Crippen MR) is 147 cm³/mol. The second-order valence-corrected chi connectivity index (χ2v) is 12.5. The van der Waals surface area contributed by atoms with Crippen molar-refractivity contribution in [3.63, 3.8) is 0 Å². The van der Waals surface area contributed by atoms with Crippen molar-refractivity contribution in [3.8, 4) is 0 Å². The molecule has 4 heteroatoms. The molecule has 0 bridgehead atoms. The number of Topliss-reactive ketones (excluding diaryl/α,β-unsaturated/α-hetero) is 1. The molecular formula is C32H56O4. The topological polar surface area (TPSA) is 52.6 Å². The van der Waals surface area contributed by atoms with Crippen LogP contribution < -0.4 is 0 Å². The Labute approximate surface area is 222 Å². The Balaban J connectivity index is 1.43. The highest BCUT2D eigenvalue weighted by Gasteiger charge is 2.36. The van der Waals surface area contributed by atoms with Crippen LogP contribution in [0.25, 0.3) is 0 Å². The molecule has 208 valence electrons. The van der Waals surface area contributed by atoms with Crippen LogP contribution in [0.5, 0.6) is 0 Å². The fraction of sp³-hybridized carbons (Fsp3) is 0.938. The number of carbonyl (C=O) groups excluding carboxylic acids is 2. The zero-order chi connectivity index (χ0) is 25.8. The smallest absolute Gasteiger partial charge is 0.309 e. The molecule has 3 aliphatic carbocycles. The third-order valence-corrected chi connectivity index (χ3v) is 10.0. The zero-order valence-corrected chi connectivity index (χ0v) is 23.8. The molecule has 3 rings (SSSR count). The number of hydrogen-bond acceptors (Lipinski definition) is 4. The summed E-state index contributed by atoms with van der Waals surface area (Å²) >= 11 is 0. The first-order valence-electron chi connectivity index (χ1n) is 15.8. The van der Waals surface area contributed by atoms with Crippen LogP contribution in [0.1, 0.15) is 142 Å². The van der Waals surface area contributed by atoms with Gasteiger partial charge in [-0.05, 0) is 108 Å². The Morgan fingerprint density at radius 1 is 0.667 bits per heavy atom. The monoisotopic (exact) mass is 504 g/mol. The van der Waals surface area contributed by atoms with E-state index in [0.29, 0.717) is 6.10 Å². The lowest BCUT2D eigenvalue weighted by Gasteiger charge is -2.41. The number of ketones is 1. The van der Waals surface area contributed by atoms with E-state index in [4.69, 9.17) is 9.47 Å². The molecule has 0 amide bonds. The van der Waals surface area contributed by atoms with Crippen LogP contribution in [0.2, 0.25) is 0 Å². The maximum Gasteiger partial charge on any atom is 0.309 e. The van der Waals surface area contributed by atoms with E-state index in [0.717, 1.165) is 56.3 Å². The number of esters is 1. The first-order valence-corrected chi connectivity index (χ1v) is 15.8. The standard InChI is InChI=1S/C32H56O4/c1-4-5-6-7-8-9-10-11-31(26-16-20-29(35-3)21-17-26)27-18-22-30(23-19-27)36-32(34)28-14-12-25(13-15-28)24(2)33/h25-31H,4-23H2,1-3H3. The normalized spacial score (nSPS) is 32.1. The molecule has 0 spiro atoms. The Bertz CT molecular complexity index is 622. The lowest BCUT2D eigenvalue weighted by molar-refractivity contribution is -0.158. The Morgan fingerprint density at radius 2 is 1.17 bits per heavy atom. The minimum atomic E-state index is 0.0120. The van der Waals surface area contributed by atoms with E-state index in [9.17, 15) is 9.59 Å². The van der Waals surface area contributed by atoms with E-state index < -0.39 is 0 Å². The van der Waals surface area contributed by atoms with Crippen molar-refractivity contribution in [2.75, 3.05) is 7.11 Å². The molecule has 0 radical (unpaired) electrons. The number of hydrogen-bond donors (Lipinski definition) is 0. The van der Waals surface area contributed by atoms with Crippen molar-refractivity contribution in [1.82, 2.24) is 0 Å². The Hall–Kier alpha value is -0.900. The van der Waals surface area contributed by atoms with Gasteiger partial charge in [-0.3, -0.25) is 9.59 Å². The van der Waals surface area contributed by atoms with Gasteiger partial charge in [-0.2, -0.15) is 0 Å². The largest absolute Gasteiger partial charge is 0.462 e. The second kappa shape index (κ2) is 16.1. The molecular weight excluding hydrogens is 448 g/mol. The summed E-state index contributed by atoms with van der Waals surface area (Å²) in [5, 5.41) is 0. The third kappa shape index (κ3) is 9.44. The van der Waals surface area contributed by atoms with Crippen molar-refractivity contribution in [2.24, 2.45) is 29.6 Å². The molecule has 0 aromatic carbocycles. The molecule has 0 aliphatic heterocycles. The van der Waals surface area contributed by atoms with E-state index in [-0.39, 0.29) is 29.7 Å². The summed E-state index contributed by atoms with van der Waals surface area (Å²) in [6.45, 7) is 3.98. The molecule has 0 N–H and O–H groups in total. The summed E-state index contributed by atoms with van der Waals surface area (Å²) in [6, 6.07) is 0. The van der Waals surface area contributed by atoms with Gasteiger partial charge in [0, 0.05) is 13.0 Å². The fourth-order valence-electron chi connectivity index (χ4n) is 7.58. The lowest BCUT2D eigenvalue weighted by Crippen LogP contribution is -2.35. The molecule has 4 nitrogen and oxygen atoms in total. The molecule has 36 heavy (non-hydrogen) atoms. The van der Waals surface area contributed by atoms with Gasteiger partial charge in [-0.25, -0.2) is 0 Å². The van der Waals surface area contributed by atoms with Gasteiger partial charge in [0.05, 0.1) is 12.0 Å². The number of ether oxygens (including phenoxy) is 2. The zero-order valence-electron chi connectivity index (χ0n) is 23.8. The molecule has 3 aliphatic rings. The van der Waals surface area contributed by atoms with Crippen LogP contribution in [0.15, 0.2) is 0 Å². The van der Waals surface area contributed by atoms with Crippen LogP contribution in [0.3, 0.4) is 0 Å². The summed E-state index contributed by atoms with van der Waals surface area (Å²) in [5.41, 5.74) is 0. The second-order valence-electron chi connectivity index (χ2n) is 12.5. The van der Waals surface area contributed by atoms with Gasteiger partial charge in [0.2, 0.25) is 0 Å². The number of methoxy groups -OCH3 is 1. The van der Waals surface area contributed by atoms with Crippen LogP contribution in [-0.4, -0.2) is 31.1 Å². The summed E-state index contributed by atoms with van der Waals surface area (Å²) in [5.74, 6) is 2.97. The maximum absolute atomic E-state index is 12.8. The van der Waals surface area contributed by atoms with Crippen molar-refractivity contribution < 1.29 is 19.1 Å². The molecule has 1 atom stereocenters. The maximum atomic E-state index is 12.8. The van der Waals surface area contributed by atoms with Crippen LogP contribution in [-0.2, 0) is 19.1 Å². The van der Waals surface area contributed by atoms with Crippen molar-refractivity contribution in [1.29, 1.82) is 0 Å². The molecule has 0 aromatic heterocycles. The average molecular weight is 505 g/mol. The van der Waals surface area contributed by atoms with Crippen LogP contribution in [0.4, 0.5) is 0 Å². The Kier molecular flexibility index (Phi) is 13.3. The SMILES string of the molecule is CCCCCCCCCC(C1CCC(OC)CC1)C1CCC(OC(=O)C2CCC(C(C)=O)CC2)CC1. The van der Waals surface area contributed by atoms with Gasteiger partial charge < -0.3 is 9.47 Å². The summed E-state index contributed by atoms with van der Waals surface area (Å²) in [4.78, 5) is 24.5. The summed E-state index contributed by atoms with van der Waals surface area (Å²) in [6.07, 6.45) is 24.7. The fourth-order valence-corrected chi connectivity index (χ4v) is 7.58.